The summed E-state index contributed by atoms with van der Waals surface area (Å²) in [6.07, 6.45) is 0.690. The van der Waals surface area contributed by atoms with Crippen molar-refractivity contribution in [2.45, 2.75) is 53.1 Å². The van der Waals surface area contributed by atoms with Crippen LogP contribution >= 0.6 is 0 Å². The zero-order valence-electron chi connectivity index (χ0n) is 19.8. The molecular weight excluding hydrogens is 429 g/mol. The molecule has 0 spiro atoms. The van der Waals surface area contributed by atoms with Gasteiger partial charge in [0.2, 0.25) is 5.75 Å². The first-order valence-corrected chi connectivity index (χ1v) is 10.8. The Kier molecular flexibility index (Phi) is 9.08. The minimum Gasteiger partial charge on any atom is -0.493 e. The van der Waals surface area contributed by atoms with Gasteiger partial charge in [-0.25, -0.2) is 9.37 Å². The van der Waals surface area contributed by atoms with E-state index in [0.29, 0.717) is 0 Å². The van der Waals surface area contributed by atoms with E-state index in [2.05, 4.69) is 4.98 Å². The maximum absolute atomic E-state index is 13.2. The van der Waals surface area contributed by atoms with Crippen LogP contribution in [0.3, 0.4) is 0 Å². The van der Waals surface area contributed by atoms with Crippen LogP contribution in [0.1, 0.15) is 63.0 Å². The summed E-state index contributed by atoms with van der Waals surface area (Å²) >= 11 is 0. The van der Waals surface area contributed by atoms with Crippen molar-refractivity contribution in [3.63, 3.8) is 0 Å². The molecule has 1 aromatic carbocycles. The first kappa shape index (κ1) is 26.0. The van der Waals surface area contributed by atoms with Gasteiger partial charge in [-0.15, -0.1) is 0 Å². The van der Waals surface area contributed by atoms with Gasteiger partial charge in [0.1, 0.15) is 11.9 Å². The van der Waals surface area contributed by atoms with Crippen LogP contribution < -0.4 is 9.47 Å². The van der Waals surface area contributed by atoms with Crippen molar-refractivity contribution >= 4 is 17.7 Å². The van der Waals surface area contributed by atoms with Crippen LogP contribution in [-0.4, -0.2) is 35.9 Å². The van der Waals surface area contributed by atoms with Gasteiger partial charge in [-0.2, -0.15) is 0 Å². The second-order valence-corrected chi connectivity index (χ2v) is 8.28. The number of nitrogens with zero attached hydrogens (tertiary/aromatic N) is 1. The molecule has 1 heterocycles. The van der Waals surface area contributed by atoms with Crippen molar-refractivity contribution in [1.29, 1.82) is 0 Å². The van der Waals surface area contributed by atoms with Crippen LogP contribution in [-0.2, 0) is 14.3 Å². The maximum Gasteiger partial charge on any atom is 0.313 e. The van der Waals surface area contributed by atoms with Gasteiger partial charge in [0.15, 0.2) is 17.2 Å². The summed E-state index contributed by atoms with van der Waals surface area (Å²) in [5.41, 5.74) is 0.744. The summed E-state index contributed by atoms with van der Waals surface area (Å²) < 4.78 is 29.3. The molecular formula is C25H30FNO6. The Labute approximate surface area is 193 Å². The Bertz CT molecular complexity index is 989. The molecule has 2 rings (SSSR count). The maximum atomic E-state index is 13.2. The number of carbonyl (C=O) groups is 3. The molecule has 0 amide bonds. The zero-order valence-corrected chi connectivity index (χ0v) is 19.8. The van der Waals surface area contributed by atoms with Crippen molar-refractivity contribution in [3.8, 4) is 11.5 Å². The molecule has 7 nitrogen and oxygen atoms in total. The number of pyridine rings is 1. The Morgan fingerprint density at radius 2 is 1.61 bits per heavy atom. The van der Waals surface area contributed by atoms with Gasteiger partial charge in [0, 0.05) is 24.6 Å². The lowest BCUT2D eigenvalue weighted by Gasteiger charge is -2.22. The van der Waals surface area contributed by atoms with Crippen LogP contribution in [0.4, 0.5) is 4.39 Å². The van der Waals surface area contributed by atoms with Crippen molar-refractivity contribution in [1.82, 2.24) is 4.98 Å². The topological polar surface area (TPSA) is 91.8 Å². The lowest BCUT2D eigenvalue weighted by Crippen LogP contribution is -2.26. The number of methoxy groups -OCH3 is 1. The van der Waals surface area contributed by atoms with Crippen LogP contribution in [0, 0.1) is 17.7 Å². The molecule has 33 heavy (non-hydrogen) atoms. The number of esters is 2. The summed E-state index contributed by atoms with van der Waals surface area (Å²) in [4.78, 5) is 41.7. The van der Waals surface area contributed by atoms with Crippen molar-refractivity contribution in [2.75, 3.05) is 7.11 Å². The molecule has 0 N–H and O–H groups in total. The van der Waals surface area contributed by atoms with Gasteiger partial charge in [-0.3, -0.25) is 14.4 Å². The number of benzene rings is 1. The predicted octanol–water partition coefficient (Wildman–Crippen LogP) is 4.74. The standard InChI is InChI=1S/C25H30FNO6/c1-14(2)24(29)33-23-21(31-6)11-12-27-22(23)20(28)13-15(3)25(30)32-17(5)16(4)18-7-9-19(26)10-8-18/h7-12,14-17H,13H2,1-6H3/t15-,16+,17-/m1/s1. The van der Waals surface area contributed by atoms with Crippen LogP contribution in [0.2, 0.25) is 0 Å². The highest BCUT2D eigenvalue weighted by Crippen LogP contribution is 2.32. The van der Waals surface area contributed by atoms with Crippen LogP contribution in [0.5, 0.6) is 11.5 Å². The molecule has 0 aliphatic carbocycles. The van der Waals surface area contributed by atoms with Gasteiger partial charge in [0.05, 0.1) is 18.9 Å². The summed E-state index contributed by atoms with van der Waals surface area (Å²) in [6, 6.07) is 7.48. The highest BCUT2D eigenvalue weighted by atomic mass is 19.1. The SMILES string of the molecule is COc1ccnc(C(=O)C[C@@H](C)C(=O)O[C@H](C)[C@H](C)c2ccc(F)cc2)c1OC(=O)C(C)C. The molecule has 178 valence electrons. The second-order valence-electron chi connectivity index (χ2n) is 8.28. The van der Waals surface area contributed by atoms with Gasteiger partial charge >= 0.3 is 11.9 Å². The molecule has 0 unspecified atom stereocenters. The van der Waals surface area contributed by atoms with Crippen LogP contribution in [0.15, 0.2) is 36.5 Å². The Hall–Kier alpha value is -3.29. The van der Waals surface area contributed by atoms with E-state index >= 15 is 0 Å². The number of ether oxygens (including phenoxy) is 3. The fourth-order valence-corrected chi connectivity index (χ4v) is 3.00. The third-order valence-corrected chi connectivity index (χ3v) is 5.32. The first-order chi connectivity index (χ1) is 15.5. The van der Waals surface area contributed by atoms with Gasteiger partial charge in [-0.1, -0.05) is 39.8 Å². The lowest BCUT2D eigenvalue weighted by molar-refractivity contribution is -0.153. The lowest BCUT2D eigenvalue weighted by atomic mass is 9.96. The predicted molar refractivity (Wildman–Crippen MR) is 120 cm³/mol. The van der Waals surface area contributed by atoms with E-state index in [-0.39, 0.29) is 35.3 Å². The third-order valence-electron chi connectivity index (χ3n) is 5.32. The van der Waals surface area contributed by atoms with Gasteiger partial charge < -0.3 is 14.2 Å². The number of Topliss-reactive ketones (excluding diaryl/α,β-unsaturated/α-hetero) is 1. The number of hydrogen-bond acceptors (Lipinski definition) is 7. The normalized spacial score (nSPS) is 13.7. The van der Waals surface area contributed by atoms with Gasteiger partial charge in [0.25, 0.3) is 0 Å². The van der Waals surface area contributed by atoms with Crippen molar-refractivity contribution in [3.05, 3.63) is 53.6 Å². The first-order valence-electron chi connectivity index (χ1n) is 10.8. The monoisotopic (exact) mass is 459 g/mol. The Morgan fingerprint density at radius 3 is 2.18 bits per heavy atom. The average Bonchev–Trinajstić information content (AvgIpc) is 2.78. The minimum atomic E-state index is -0.762. The molecule has 2 aromatic rings. The number of rotatable bonds is 10. The summed E-state index contributed by atoms with van der Waals surface area (Å²) in [6.45, 7) is 8.53. The minimum absolute atomic E-state index is 0.0671. The fraction of sp³-hybridized carbons (Fsp3) is 0.440. The van der Waals surface area contributed by atoms with Gasteiger partial charge in [-0.05, 0) is 24.6 Å². The van der Waals surface area contributed by atoms with E-state index < -0.39 is 35.7 Å². The fourth-order valence-electron chi connectivity index (χ4n) is 3.00. The molecule has 0 radical (unpaired) electrons. The Balaban J connectivity index is 2.09. The molecule has 8 heteroatoms. The smallest absolute Gasteiger partial charge is 0.313 e. The van der Waals surface area contributed by atoms with Crippen molar-refractivity contribution < 1.29 is 33.0 Å². The van der Waals surface area contributed by atoms with E-state index in [1.807, 2.05) is 6.92 Å². The summed E-state index contributed by atoms with van der Waals surface area (Å²) in [5, 5.41) is 0. The quantitative estimate of drug-likeness (QED) is 0.374. The average molecular weight is 460 g/mol. The Morgan fingerprint density at radius 1 is 0.970 bits per heavy atom. The molecule has 0 aliphatic rings. The highest BCUT2D eigenvalue weighted by Gasteiger charge is 2.28. The van der Waals surface area contributed by atoms with E-state index in [4.69, 9.17) is 14.2 Å². The number of halogens is 1. The van der Waals surface area contributed by atoms with Crippen LogP contribution in [0.25, 0.3) is 0 Å². The second kappa shape index (κ2) is 11.5. The molecule has 1 aromatic heterocycles. The molecule has 0 bridgehead atoms. The number of carbonyl (C=O) groups excluding carboxylic acids is 3. The summed E-state index contributed by atoms with van der Waals surface area (Å²) in [7, 11) is 1.39. The van der Waals surface area contributed by atoms with E-state index in [1.54, 1.807) is 39.8 Å². The molecule has 0 aliphatic heterocycles. The van der Waals surface area contributed by atoms with E-state index in [9.17, 15) is 18.8 Å². The highest BCUT2D eigenvalue weighted by molar-refractivity contribution is 6.00. The number of ketones is 1. The number of hydrogen-bond donors (Lipinski definition) is 0. The number of aromatic nitrogens is 1. The molecule has 0 saturated heterocycles. The summed E-state index contributed by atoms with van der Waals surface area (Å²) in [5.74, 6) is -3.13. The third kappa shape index (κ3) is 6.84. The van der Waals surface area contributed by atoms with E-state index in [1.165, 1.54) is 31.5 Å². The molecule has 0 fully saturated rings. The molecule has 0 saturated carbocycles. The largest absolute Gasteiger partial charge is 0.493 e. The molecule has 3 atom stereocenters. The van der Waals surface area contributed by atoms with E-state index in [0.717, 1.165) is 5.56 Å². The van der Waals surface area contributed by atoms with Crippen molar-refractivity contribution in [2.24, 2.45) is 11.8 Å². The zero-order chi connectivity index (χ0) is 24.7.